The molecule has 6 N–H and O–H groups in total. The number of ether oxygens (including phenoxy) is 2. The number of hydrogen-bond donors (Lipinski definition) is 6. The van der Waals surface area contributed by atoms with Gasteiger partial charge in [-0.25, -0.2) is 0 Å². The zero-order chi connectivity index (χ0) is 31.5. The Morgan fingerprint density at radius 1 is 1.14 bits per heavy atom. The van der Waals surface area contributed by atoms with E-state index < -0.39 is 72.7 Å². The van der Waals surface area contributed by atoms with Crippen LogP contribution in [-0.2, 0) is 25.5 Å². The highest BCUT2D eigenvalue weighted by Crippen LogP contribution is 2.45. The van der Waals surface area contributed by atoms with Gasteiger partial charge in [-0.15, -0.1) is 11.3 Å². The van der Waals surface area contributed by atoms with Crippen LogP contribution in [-0.4, -0.2) is 91.9 Å². The molecule has 4 rings (SSSR count). The van der Waals surface area contributed by atoms with Crippen molar-refractivity contribution in [1.82, 2.24) is 0 Å². The minimum absolute atomic E-state index is 0.00264. The van der Waals surface area contributed by atoms with E-state index in [1.807, 2.05) is 24.3 Å². The molecule has 12 heteroatoms. The van der Waals surface area contributed by atoms with Gasteiger partial charge in [0.25, 0.3) is 0 Å². The highest BCUT2D eigenvalue weighted by atomic mass is 35.5. The van der Waals surface area contributed by atoms with Gasteiger partial charge in [-0.1, -0.05) is 62.2 Å². The van der Waals surface area contributed by atoms with Crippen LogP contribution in [0.5, 0.6) is 0 Å². The maximum Gasteiger partial charge on any atom is 0.303 e. The summed E-state index contributed by atoms with van der Waals surface area (Å²) in [5.74, 6) is -2.06. The fraction of sp³-hybridized carbons (Fsp3) is 0.613. The third-order valence-electron chi connectivity index (χ3n) is 8.66. The topological polar surface area (TPSA) is 174 Å². The van der Waals surface area contributed by atoms with Gasteiger partial charge >= 0.3 is 5.97 Å². The fourth-order valence-electron chi connectivity index (χ4n) is 6.02. The molecular formula is C31H41ClO10S. The van der Waals surface area contributed by atoms with E-state index in [0.717, 1.165) is 15.0 Å². The number of ketones is 1. The second-order valence-electron chi connectivity index (χ2n) is 12.0. The number of carboxylic acid groups (broad SMARTS) is 1. The lowest BCUT2D eigenvalue weighted by Gasteiger charge is -2.40. The predicted octanol–water partition coefficient (Wildman–Crippen LogP) is 3.08. The number of carbonyl (C=O) groups is 2. The van der Waals surface area contributed by atoms with Crippen molar-refractivity contribution < 1.29 is 49.7 Å². The molecule has 1 aromatic heterocycles. The molecule has 238 valence electrons. The molecule has 43 heavy (non-hydrogen) atoms. The Kier molecular flexibility index (Phi) is 11.4. The fourth-order valence-corrected chi connectivity index (χ4v) is 7.56. The van der Waals surface area contributed by atoms with Gasteiger partial charge in [0, 0.05) is 33.2 Å². The van der Waals surface area contributed by atoms with Crippen LogP contribution in [0.25, 0.3) is 10.1 Å². The lowest BCUT2D eigenvalue weighted by Crippen LogP contribution is -2.59. The van der Waals surface area contributed by atoms with E-state index in [4.69, 9.17) is 26.2 Å². The summed E-state index contributed by atoms with van der Waals surface area (Å²) in [5, 5.41) is 62.4. The number of hydrogen-bond acceptors (Lipinski definition) is 10. The van der Waals surface area contributed by atoms with Crippen LogP contribution in [0.15, 0.2) is 36.4 Å². The summed E-state index contributed by atoms with van der Waals surface area (Å²) in [7, 11) is 0. The Bertz CT molecular complexity index is 1290. The van der Waals surface area contributed by atoms with Crippen LogP contribution < -0.4 is 0 Å². The van der Waals surface area contributed by atoms with Crippen LogP contribution in [0, 0.1) is 17.3 Å². The van der Waals surface area contributed by atoms with Crippen molar-refractivity contribution in [1.29, 1.82) is 0 Å². The van der Waals surface area contributed by atoms with Crippen LogP contribution in [0.1, 0.15) is 50.8 Å². The molecule has 2 aromatic rings. The summed E-state index contributed by atoms with van der Waals surface area (Å²) < 4.78 is 12.7. The first kappa shape index (κ1) is 34.0. The maximum absolute atomic E-state index is 13.3. The smallest absolute Gasteiger partial charge is 0.303 e. The Morgan fingerprint density at radius 3 is 2.53 bits per heavy atom. The van der Waals surface area contributed by atoms with E-state index in [1.54, 1.807) is 37.3 Å². The molecule has 10 nitrogen and oxygen atoms in total. The first-order valence-electron chi connectivity index (χ1n) is 14.6. The normalized spacial score (nSPS) is 31.7. The number of aryl methyl sites for hydroxylation is 1. The number of thiophene rings is 1. The van der Waals surface area contributed by atoms with E-state index in [1.165, 1.54) is 0 Å². The SMILES string of the molecule is CC1(C)C(=O)[C@H](CCCCC(=O)O)[C@@H](/C=C/C(CCc2sc3ccccc3c2Cl)OC2O[C@H](CO)[C@@H](O)[C@H](O)[C@H]2O)[C@@H]1O. The van der Waals surface area contributed by atoms with Gasteiger partial charge in [0.15, 0.2) is 6.29 Å². The molecule has 0 spiro atoms. The Hall–Kier alpha value is -1.93. The van der Waals surface area contributed by atoms with Crippen molar-refractivity contribution in [2.24, 2.45) is 17.3 Å². The molecular weight excluding hydrogens is 600 g/mol. The molecule has 0 radical (unpaired) electrons. The van der Waals surface area contributed by atoms with Crippen LogP contribution in [0.3, 0.4) is 0 Å². The molecule has 1 aliphatic heterocycles. The number of aliphatic carboxylic acids is 1. The molecule has 2 heterocycles. The number of unbranched alkanes of at least 4 members (excludes halogenated alkanes) is 1. The summed E-state index contributed by atoms with van der Waals surface area (Å²) in [6.07, 6.45) is -3.31. The monoisotopic (exact) mass is 640 g/mol. The molecule has 2 aliphatic rings. The van der Waals surface area contributed by atoms with E-state index in [2.05, 4.69) is 0 Å². The van der Waals surface area contributed by atoms with Gasteiger partial charge in [0.1, 0.15) is 30.2 Å². The van der Waals surface area contributed by atoms with Crippen molar-refractivity contribution in [3.8, 4) is 0 Å². The first-order valence-corrected chi connectivity index (χ1v) is 15.8. The zero-order valence-corrected chi connectivity index (χ0v) is 25.8. The molecule has 0 amide bonds. The number of aliphatic hydroxyl groups is 5. The quantitative estimate of drug-likeness (QED) is 0.141. The third-order valence-corrected chi connectivity index (χ3v) is 10.4. The van der Waals surface area contributed by atoms with E-state index in [0.29, 0.717) is 37.1 Å². The molecule has 1 saturated heterocycles. The standard InChI is InChI=1S/C31H41ClO10S/c1-31(2)28(39)17(7-4-6-10-23(34)35)18(29(31)40)13-11-16(41-30-27(38)26(37)25(36)20(15-33)42-30)12-14-22-24(32)19-8-3-5-9-21(19)43-22/h3,5,8-9,11,13,16-18,20,25-27,29-30,33,36-38,40H,4,6-7,10,12,14-15H2,1-2H3,(H,34,35)/b13-11+/t16?,17-,18-,20-,25-,26+,27-,29+,30?/m1/s1. The molecule has 0 bridgehead atoms. The molecule has 1 saturated carbocycles. The van der Waals surface area contributed by atoms with Crippen LogP contribution in [0.2, 0.25) is 5.02 Å². The number of fused-ring (bicyclic) bond motifs is 1. The lowest BCUT2D eigenvalue weighted by atomic mass is 9.86. The van der Waals surface area contributed by atoms with Gasteiger partial charge in [-0.05, 0) is 31.7 Å². The van der Waals surface area contributed by atoms with Crippen LogP contribution in [0.4, 0.5) is 0 Å². The van der Waals surface area contributed by atoms with Gasteiger partial charge < -0.3 is 40.1 Å². The summed E-state index contributed by atoms with van der Waals surface area (Å²) >= 11 is 8.22. The van der Waals surface area contributed by atoms with E-state index in [9.17, 15) is 35.1 Å². The van der Waals surface area contributed by atoms with E-state index >= 15 is 0 Å². The number of Topliss-reactive ketones (excluding diaryl/α,β-unsaturated/α-hetero) is 1. The molecule has 9 atom stereocenters. The summed E-state index contributed by atoms with van der Waals surface area (Å²) in [6, 6.07) is 7.76. The average Bonchev–Trinajstić information content (AvgIpc) is 3.38. The summed E-state index contributed by atoms with van der Waals surface area (Å²) in [6.45, 7) is 2.80. The van der Waals surface area contributed by atoms with Gasteiger partial charge in [-0.3, -0.25) is 9.59 Å². The van der Waals surface area contributed by atoms with Gasteiger partial charge in [0.05, 0.1) is 29.3 Å². The zero-order valence-electron chi connectivity index (χ0n) is 24.2. The van der Waals surface area contributed by atoms with Crippen molar-refractivity contribution in [3.63, 3.8) is 0 Å². The highest BCUT2D eigenvalue weighted by Gasteiger charge is 2.53. The molecule has 1 aliphatic carbocycles. The minimum Gasteiger partial charge on any atom is -0.481 e. The van der Waals surface area contributed by atoms with E-state index in [-0.39, 0.29) is 12.2 Å². The minimum atomic E-state index is -1.61. The predicted molar refractivity (Wildman–Crippen MR) is 161 cm³/mol. The Labute approximate surface area is 259 Å². The number of benzene rings is 1. The summed E-state index contributed by atoms with van der Waals surface area (Å²) in [4.78, 5) is 25.1. The Balaban J connectivity index is 1.57. The number of rotatable bonds is 13. The second kappa shape index (κ2) is 14.4. The number of halogens is 1. The number of carbonyl (C=O) groups excluding carboxylic acids is 1. The van der Waals surface area contributed by atoms with Crippen molar-refractivity contribution in [2.45, 2.75) is 95.3 Å². The van der Waals surface area contributed by atoms with Crippen molar-refractivity contribution in [2.75, 3.05) is 6.61 Å². The lowest BCUT2D eigenvalue weighted by molar-refractivity contribution is -0.307. The number of carboxylic acids is 1. The molecule has 1 aromatic carbocycles. The summed E-state index contributed by atoms with van der Waals surface area (Å²) in [5.41, 5.74) is -0.995. The molecule has 2 unspecified atom stereocenters. The van der Waals surface area contributed by atoms with Gasteiger partial charge in [0.2, 0.25) is 0 Å². The first-order chi connectivity index (χ1) is 20.4. The van der Waals surface area contributed by atoms with Crippen LogP contribution >= 0.6 is 22.9 Å². The largest absolute Gasteiger partial charge is 0.481 e. The highest BCUT2D eigenvalue weighted by molar-refractivity contribution is 7.19. The number of aliphatic hydroxyl groups excluding tert-OH is 5. The van der Waals surface area contributed by atoms with Gasteiger partial charge in [-0.2, -0.15) is 0 Å². The van der Waals surface area contributed by atoms with Crippen molar-refractivity contribution in [3.05, 3.63) is 46.3 Å². The Morgan fingerprint density at radius 2 is 1.86 bits per heavy atom. The second-order valence-corrected chi connectivity index (χ2v) is 13.5. The third kappa shape index (κ3) is 7.49. The maximum atomic E-state index is 13.3. The van der Waals surface area contributed by atoms with Crippen molar-refractivity contribution >= 4 is 44.8 Å². The molecule has 2 fully saturated rings. The average molecular weight is 641 g/mol.